The van der Waals surface area contributed by atoms with Gasteiger partial charge in [-0.25, -0.2) is 9.50 Å². The molecule has 6 heterocycles. The van der Waals surface area contributed by atoms with Crippen LogP contribution in [0.2, 0.25) is 0 Å². The second-order valence-electron chi connectivity index (χ2n) is 9.22. The molecule has 9 nitrogen and oxygen atoms in total. The molecule has 2 unspecified atom stereocenters. The Bertz CT molecular complexity index is 1520. The van der Waals surface area contributed by atoms with Gasteiger partial charge in [-0.05, 0) is 42.4 Å². The van der Waals surface area contributed by atoms with E-state index >= 15 is 0 Å². The molecule has 35 heavy (non-hydrogen) atoms. The van der Waals surface area contributed by atoms with E-state index in [0.717, 1.165) is 53.1 Å². The number of anilines is 1. The summed E-state index contributed by atoms with van der Waals surface area (Å²) >= 11 is 0. The fourth-order valence-electron chi connectivity index (χ4n) is 5.39. The molecule has 2 saturated heterocycles. The van der Waals surface area contributed by atoms with Gasteiger partial charge in [-0.2, -0.15) is 15.5 Å². The summed E-state index contributed by atoms with van der Waals surface area (Å²) in [5.41, 5.74) is 4.97. The van der Waals surface area contributed by atoms with Crippen molar-refractivity contribution < 1.29 is 4.79 Å². The highest BCUT2D eigenvalue weighted by atomic mass is 16.1. The molecule has 1 aliphatic carbocycles. The highest BCUT2D eigenvalue weighted by molar-refractivity contribution is 5.93. The summed E-state index contributed by atoms with van der Waals surface area (Å²) in [6.07, 6.45) is 15.4. The van der Waals surface area contributed by atoms with Gasteiger partial charge in [0, 0.05) is 67.0 Å². The van der Waals surface area contributed by atoms with Gasteiger partial charge in [-0.1, -0.05) is 0 Å². The van der Waals surface area contributed by atoms with Crippen molar-refractivity contribution in [2.45, 2.75) is 12.5 Å². The normalized spacial score (nSPS) is 20.7. The van der Waals surface area contributed by atoms with E-state index in [4.69, 9.17) is 11.4 Å². The summed E-state index contributed by atoms with van der Waals surface area (Å²) in [6.45, 7) is 1.67. The highest BCUT2D eigenvalue weighted by Crippen LogP contribution is 2.41. The van der Waals surface area contributed by atoms with Gasteiger partial charge in [-0.3, -0.25) is 9.48 Å². The van der Waals surface area contributed by atoms with Crippen molar-refractivity contribution in [2.75, 3.05) is 18.0 Å². The molecule has 1 saturated carbocycles. The van der Waals surface area contributed by atoms with E-state index < -0.39 is 0 Å². The van der Waals surface area contributed by atoms with E-state index in [-0.39, 0.29) is 11.9 Å². The molecule has 172 valence electrons. The number of fused-ring (bicyclic) bond motifs is 3. The maximum absolute atomic E-state index is 11.6. The van der Waals surface area contributed by atoms with E-state index in [9.17, 15) is 10.1 Å². The average molecular weight is 463 g/mol. The molecular formula is C26H22N8O. The number of amides is 1. The molecule has 0 spiro atoms. The summed E-state index contributed by atoms with van der Waals surface area (Å²) in [6, 6.07) is 8.52. The van der Waals surface area contributed by atoms with E-state index in [2.05, 4.69) is 38.5 Å². The van der Waals surface area contributed by atoms with Crippen molar-refractivity contribution in [3.05, 3.63) is 54.7 Å². The number of hydrogen-bond donors (Lipinski definition) is 1. The summed E-state index contributed by atoms with van der Waals surface area (Å²) in [4.78, 5) is 18.6. The van der Waals surface area contributed by atoms with Crippen molar-refractivity contribution in [3.8, 4) is 40.7 Å². The minimum absolute atomic E-state index is 0.156. The van der Waals surface area contributed by atoms with Crippen molar-refractivity contribution in [2.24, 2.45) is 18.9 Å². The number of nitriles is 1. The van der Waals surface area contributed by atoms with Crippen molar-refractivity contribution >= 4 is 17.2 Å². The van der Waals surface area contributed by atoms with Crippen LogP contribution in [0.15, 0.2) is 49.2 Å². The number of rotatable bonds is 4. The number of carbonyl (C=O) groups excluding carboxylic acids is 1. The molecule has 9 heteroatoms. The molecule has 2 aliphatic heterocycles. The summed E-state index contributed by atoms with van der Waals surface area (Å²) in [5, 5.41) is 21.3. The van der Waals surface area contributed by atoms with Gasteiger partial charge < -0.3 is 10.2 Å². The fraction of sp³-hybridized carbons (Fsp3) is 0.269. The number of piperidine rings is 2. The number of nitrogens with zero attached hydrogens (tertiary/aromatic N) is 7. The lowest BCUT2D eigenvalue weighted by molar-refractivity contribution is -0.118. The molecule has 0 aromatic carbocycles. The van der Waals surface area contributed by atoms with Gasteiger partial charge in [0.25, 0.3) is 5.91 Å². The monoisotopic (exact) mass is 462 g/mol. The SMILES string of the molecule is C#CC(=O)NC1C2CC1CN(c1ccc(-c3cc(-c4cnn(C)c4)cn4ncc(C#N)c34)cn1)C2. The first-order chi connectivity index (χ1) is 17.0. The van der Waals surface area contributed by atoms with Crippen LogP contribution in [0.1, 0.15) is 12.0 Å². The molecule has 4 aromatic heterocycles. The molecule has 3 fully saturated rings. The topological polar surface area (TPSA) is 104 Å². The Labute approximate surface area is 202 Å². The van der Waals surface area contributed by atoms with Gasteiger partial charge in [0.05, 0.1) is 23.5 Å². The number of pyridine rings is 2. The molecular weight excluding hydrogens is 440 g/mol. The van der Waals surface area contributed by atoms with Crippen LogP contribution < -0.4 is 10.2 Å². The first-order valence-corrected chi connectivity index (χ1v) is 11.4. The smallest absolute Gasteiger partial charge is 0.295 e. The number of terminal acetylenes is 1. The zero-order chi connectivity index (χ0) is 24.1. The van der Waals surface area contributed by atoms with Crippen LogP contribution >= 0.6 is 0 Å². The largest absolute Gasteiger partial charge is 0.356 e. The van der Waals surface area contributed by atoms with Crippen LogP contribution in [0.3, 0.4) is 0 Å². The van der Waals surface area contributed by atoms with Crippen molar-refractivity contribution in [3.63, 3.8) is 0 Å². The molecule has 0 radical (unpaired) electrons. The fourth-order valence-corrected chi connectivity index (χ4v) is 5.39. The maximum Gasteiger partial charge on any atom is 0.295 e. The number of hydrogen-bond acceptors (Lipinski definition) is 6. The van der Waals surface area contributed by atoms with Gasteiger partial charge >= 0.3 is 0 Å². The minimum atomic E-state index is -0.336. The zero-order valence-electron chi connectivity index (χ0n) is 19.1. The molecule has 4 aromatic rings. The van der Waals surface area contributed by atoms with Crippen LogP contribution in [-0.4, -0.2) is 49.4 Å². The van der Waals surface area contributed by atoms with Crippen LogP contribution in [0, 0.1) is 35.5 Å². The quantitative estimate of drug-likeness (QED) is 0.467. The average Bonchev–Trinajstić information content (AvgIpc) is 3.52. The van der Waals surface area contributed by atoms with E-state index in [1.165, 1.54) is 0 Å². The first kappa shape index (κ1) is 20.9. The van der Waals surface area contributed by atoms with Gasteiger partial charge in [0.15, 0.2) is 0 Å². The second kappa shape index (κ2) is 8.00. The lowest BCUT2D eigenvalue weighted by Crippen LogP contribution is -2.64. The summed E-state index contributed by atoms with van der Waals surface area (Å²) in [7, 11) is 1.88. The predicted molar refractivity (Wildman–Crippen MR) is 130 cm³/mol. The van der Waals surface area contributed by atoms with Crippen molar-refractivity contribution in [1.82, 2.24) is 29.7 Å². The Hall–Kier alpha value is -4.63. The van der Waals surface area contributed by atoms with E-state index in [1.807, 2.05) is 44.0 Å². The maximum atomic E-state index is 11.6. The number of aromatic nitrogens is 5. The second-order valence-corrected chi connectivity index (χ2v) is 9.22. The molecule has 1 amide bonds. The number of carbonyl (C=O) groups is 1. The van der Waals surface area contributed by atoms with Crippen LogP contribution in [0.25, 0.3) is 27.8 Å². The Morgan fingerprint density at radius 1 is 1.11 bits per heavy atom. The Morgan fingerprint density at radius 3 is 2.60 bits per heavy atom. The molecule has 3 aliphatic rings. The van der Waals surface area contributed by atoms with Gasteiger partial charge in [-0.15, -0.1) is 6.42 Å². The molecule has 2 atom stereocenters. The third-order valence-electron chi connectivity index (χ3n) is 7.11. The summed E-state index contributed by atoms with van der Waals surface area (Å²) in [5.74, 6) is 3.48. The van der Waals surface area contributed by atoms with E-state index in [1.54, 1.807) is 15.4 Å². The summed E-state index contributed by atoms with van der Waals surface area (Å²) < 4.78 is 3.50. The lowest BCUT2D eigenvalue weighted by Gasteiger charge is -2.53. The predicted octanol–water partition coefficient (Wildman–Crippen LogP) is 2.24. The molecule has 7 rings (SSSR count). The van der Waals surface area contributed by atoms with Crippen molar-refractivity contribution in [1.29, 1.82) is 5.26 Å². The van der Waals surface area contributed by atoms with Crippen LogP contribution in [0.4, 0.5) is 5.82 Å². The number of aryl methyl sites for hydroxylation is 1. The van der Waals surface area contributed by atoms with Gasteiger partial charge in [0.1, 0.15) is 11.9 Å². The first-order valence-electron chi connectivity index (χ1n) is 11.4. The van der Waals surface area contributed by atoms with Gasteiger partial charge in [0.2, 0.25) is 0 Å². The zero-order valence-corrected chi connectivity index (χ0v) is 19.1. The minimum Gasteiger partial charge on any atom is -0.356 e. The van der Waals surface area contributed by atoms with E-state index in [0.29, 0.717) is 17.4 Å². The third kappa shape index (κ3) is 3.49. The third-order valence-corrected chi connectivity index (χ3v) is 7.11. The Balaban J connectivity index is 1.31. The van der Waals surface area contributed by atoms with Crippen LogP contribution in [-0.2, 0) is 11.8 Å². The molecule has 1 N–H and O–H groups in total. The Morgan fingerprint density at radius 2 is 1.94 bits per heavy atom. The highest BCUT2D eigenvalue weighted by Gasteiger charge is 2.47. The molecule has 2 bridgehead atoms. The Kier molecular flexibility index (Phi) is 4.78. The van der Waals surface area contributed by atoms with Crippen LogP contribution in [0.5, 0.6) is 0 Å². The lowest BCUT2D eigenvalue weighted by atomic mass is 9.66. The standard InChI is InChI=1S/C26H22N8O/c1-3-24(35)31-25-18-6-19(25)14-33(13-18)23-5-4-16(9-28-23)22-7-17(21-11-29-32(2)12-21)15-34-26(22)20(8-27)10-30-34/h1,4-5,7,9-12,15,18-19,25H,6,13-14H2,2H3,(H,31,35). The number of nitrogens with one attached hydrogen (secondary N) is 1.